The molecule has 1 N–H and O–H groups in total. The Kier molecular flexibility index (Phi) is 7.33. The third-order valence-electron chi connectivity index (χ3n) is 7.08. The zero-order chi connectivity index (χ0) is 25.9. The van der Waals surface area contributed by atoms with Crippen LogP contribution in [0.1, 0.15) is 11.1 Å². The number of amides is 1. The second kappa shape index (κ2) is 11.2. The van der Waals surface area contributed by atoms with Crippen LogP contribution < -0.4 is 0 Å². The maximum atomic E-state index is 13.2. The van der Waals surface area contributed by atoms with Crippen molar-refractivity contribution in [3.63, 3.8) is 0 Å². The molecule has 6 rings (SSSR count). The van der Waals surface area contributed by atoms with Crippen LogP contribution in [0.15, 0.2) is 108 Å². The van der Waals surface area contributed by atoms with E-state index in [9.17, 15) is 9.90 Å². The van der Waals surface area contributed by atoms with Gasteiger partial charge in [-0.15, -0.1) is 0 Å². The lowest BCUT2D eigenvalue weighted by Gasteiger charge is -2.42. The Bertz CT molecular complexity index is 1380. The summed E-state index contributed by atoms with van der Waals surface area (Å²) in [6, 6.07) is 33.6. The molecule has 1 amide bonds. The van der Waals surface area contributed by atoms with Crippen molar-refractivity contribution in [2.75, 3.05) is 6.61 Å². The van der Waals surface area contributed by atoms with E-state index in [1.807, 2.05) is 84.9 Å². The lowest BCUT2D eigenvalue weighted by molar-refractivity contribution is -0.169. The predicted molar refractivity (Wildman–Crippen MR) is 147 cm³/mol. The quantitative estimate of drug-likeness (QED) is 0.321. The molecule has 0 aromatic heterocycles. The van der Waals surface area contributed by atoms with Gasteiger partial charge in [-0.05, 0) is 34.0 Å². The number of benzene rings is 4. The Hall–Kier alpha value is -3.36. The van der Waals surface area contributed by atoms with Crippen LogP contribution >= 0.6 is 11.8 Å². The highest BCUT2D eigenvalue weighted by atomic mass is 32.2. The molecule has 0 radical (unpaired) electrons. The number of hydrogen-bond acceptors (Lipinski definition) is 6. The number of thioether (sulfide) groups is 1. The third-order valence-corrected chi connectivity index (χ3v) is 8.25. The average molecular weight is 528 g/mol. The fourth-order valence-electron chi connectivity index (χ4n) is 5.19. The van der Waals surface area contributed by atoms with Gasteiger partial charge >= 0.3 is 6.09 Å². The van der Waals surface area contributed by atoms with Gasteiger partial charge in [-0.1, -0.05) is 103 Å². The van der Waals surface area contributed by atoms with Crippen molar-refractivity contribution in [2.24, 2.45) is 0 Å². The van der Waals surface area contributed by atoms with Crippen molar-refractivity contribution >= 4 is 28.6 Å². The fourth-order valence-corrected chi connectivity index (χ4v) is 6.41. The molecular weight excluding hydrogens is 498 g/mol. The van der Waals surface area contributed by atoms with E-state index in [-0.39, 0.29) is 6.61 Å². The van der Waals surface area contributed by atoms with Gasteiger partial charge in [0.15, 0.2) is 6.10 Å². The lowest BCUT2D eigenvalue weighted by Crippen LogP contribution is -2.59. The minimum Gasteiger partial charge on any atom is -0.441 e. The number of carbonyl (C=O) groups is 1. The molecule has 2 fully saturated rings. The van der Waals surface area contributed by atoms with Crippen molar-refractivity contribution < 1.29 is 24.1 Å². The number of rotatable bonds is 8. The van der Waals surface area contributed by atoms with Crippen molar-refractivity contribution in [1.29, 1.82) is 0 Å². The molecule has 38 heavy (non-hydrogen) atoms. The first-order chi connectivity index (χ1) is 18.7. The highest BCUT2D eigenvalue weighted by Gasteiger charge is 2.56. The molecule has 0 spiro atoms. The van der Waals surface area contributed by atoms with Crippen molar-refractivity contribution in [3.8, 4) is 0 Å². The number of aliphatic hydroxyl groups is 1. The number of hydrogen-bond donors (Lipinski definition) is 1. The Morgan fingerprint density at radius 2 is 1.58 bits per heavy atom. The molecule has 7 heteroatoms. The average Bonchev–Trinajstić information content (AvgIpc) is 3.28. The molecule has 5 atom stereocenters. The van der Waals surface area contributed by atoms with E-state index in [4.69, 9.17) is 14.2 Å². The molecule has 0 aliphatic carbocycles. The van der Waals surface area contributed by atoms with Crippen LogP contribution in [0.4, 0.5) is 4.79 Å². The van der Waals surface area contributed by atoms with Crippen LogP contribution in [-0.4, -0.2) is 52.5 Å². The van der Waals surface area contributed by atoms with Gasteiger partial charge in [0.1, 0.15) is 23.7 Å². The van der Waals surface area contributed by atoms with Crippen LogP contribution in [0.5, 0.6) is 0 Å². The van der Waals surface area contributed by atoms with Crippen molar-refractivity contribution in [2.45, 2.75) is 47.8 Å². The van der Waals surface area contributed by atoms with Gasteiger partial charge in [0, 0.05) is 4.90 Å². The van der Waals surface area contributed by atoms with Crippen LogP contribution in [0.25, 0.3) is 10.8 Å². The van der Waals surface area contributed by atoms with Crippen LogP contribution in [0.3, 0.4) is 0 Å². The summed E-state index contributed by atoms with van der Waals surface area (Å²) in [5.41, 5.74) is 1.61. The van der Waals surface area contributed by atoms with Crippen LogP contribution in [0.2, 0.25) is 0 Å². The highest BCUT2D eigenvalue weighted by molar-refractivity contribution is 7.99. The van der Waals surface area contributed by atoms with Gasteiger partial charge in [0.25, 0.3) is 0 Å². The molecule has 0 saturated carbocycles. The normalized spacial score (nSPS) is 24.8. The second-order valence-electron chi connectivity index (χ2n) is 9.57. The zero-order valence-corrected chi connectivity index (χ0v) is 21.6. The molecule has 0 unspecified atom stereocenters. The van der Waals surface area contributed by atoms with E-state index >= 15 is 0 Å². The maximum Gasteiger partial charge on any atom is 0.411 e. The molecule has 4 aromatic carbocycles. The van der Waals surface area contributed by atoms with Gasteiger partial charge in [0.2, 0.25) is 0 Å². The molecule has 194 valence electrons. The van der Waals surface area contributed by atoms with E-state index in [2.05, 4.69) is 18.2 Å². The van der Waals surface area contributed by atoms with E-state index in [0.717, 1.165) is 26.8 Å². The van der Waals surface area contributed by atoms with E-state index in [1.54, 1.807) is 4.90 Å². The number of carbonyl (C=O) groups excluding carboxylic acids is 1. The molecule has 0 bridgehead atoms. The van der Waals surface area contributed by atoms with Crippen LogP contribution in [0, 0.1) is 0 Å². The van der Waals surface area contributed by atoms with Crippen LogP contribution in [-0.2, 0) is 27.4 Å². The SMILES string of the molecule is O=C1O[C@H]2[C@H](O)[C@@H](COCc3ccccc3)O[C@@H](Sc3ccccc3)[C@@H]2N1Cc1cccc2ccccc12. The number of fused-ring (bicyclic) bond motifs is 2. The minimum absolute atomic E-state index is 0.187. The second-order valence-corrected chi connectivity index (χ2v) is 10.7. The number of nitrogens with zero attached hydrogens (tertiary/aromatic N) is 1. The summed E-state index contributed by atoms with van der Waals surface area (Å²) in [6.45, 7) is 0.954. The van der Waals surface area contributed by atoms with Gasteiger partial charge < -0.3 is 19.3 Å². The molecule has 2 aliphatic rings. The summed E-state index contributed by atoms with van der Waals surface area (Å²) in [6.07, 6.45) is -2.81. The first-order valence-electron chi connectivity index (χ1n) is 12.8. The summed E-state index contributed by atoms with van der Waals surface area (Å²) >= 11 is 1.53. The van der Waals surface area contributed by atoms with Crippen molar-refractivity contribution in [3.05, 3.63) is 114 Å². The monoisotopic (exact) mass is 527 g/mol. The first kappa shape index (κ1) is 24.9. The Balaban J connectivity index is 1.25. The summed E-state index contributed by atoms with van der Waals surface area (Å²) in [5.74, 6) is 0. The molecule has 4 aromatic rings. The summed E-state index contributed by atoms with van der Waals surface area (Å²) in [5, 5.41) is 13.5. The van der Waals surface area contributed by atoms with Gasteiger partial charge in [-0.25, -0.2) is 4.79 Å². The van der Waals surface area contributed by atoms with E-state index < -0.39 is 35.9 Å². The standard InChI is InChI=1S/C31H29NO5S/c33-28-26(20-35-19-21-10-3-1-4-11-21)36-30(38-24-15-5-2-6-16-24)27-29(28)37-31(34)32(27)18-23-14-9-13-22-12-7-8-17-25(22)23/h1-17,26-30,33H,18-20H2/t26-,27-,28-,29-,30+/m1/s1. The van der Waals surface area contributed by atoms with E-state index in [1.165, 1.54) is 11.8 Å². The summed E-state index contributed by atoms with van der Waals surface area (Å²) < 4.78 is 18.2. The Labute approximate surface area is 226 Å². The minimum atomic E-state index is -1.01. The summed E-state index contributed by atoms with van der Waals surface area (Å²) in [7, 11) is 0. The maximum absolute atomic E-state index is 13.2. The highest BCUT2D eigenvalue weighted by Crippen LogP contribution is 2.41. The van der Waals surface area contributed by atoms with Gasteiger partial charge in [-0.2, -0.15) is 0 Å². The largest absolute Gasteiger partial charge is 0.441 e. The predicted octanol–water partition coefficient (Wildman–Crippen LogP) is 5.62. The molecule has 6 nitrogen and oxygen atoms in total. The molecule has 2 aliphatic heterocycles. The Morgan fingerprint density at radius 3 is 2.39 bits per heavy atom. The third kappa shape index (κ3) is 5.15. The van der Waals surface area contributed by atoms with Gasteiger partial charge in [-0.3, -0.25) is 4.90 Å². The molecule has 2 heterocycles. The first-order valence-corrected chi connectivity index (χ1v) is 13.7. The van der Waals surface area contributed by atoms with E-state index in [0.29, 0.717) is 13.2 Å². The summed E-state index contributed by atoms with van der Waals surface area (Å²) in [4.78, 5) is 15.9. The number of aliphatic hydroxyl groups excluding tert-OH is 1. The number of ether oxygens (including phenoxy) is 3. The Morgan fingerprint density at radius 1 is 0.868 bits per heavy atom. The lowest BCUT2D eigenvalue weighted by atomic mass is 9.97. The topological polar surface area (TPSA) is 68.2 Å². The smallest absolute Gasteiger partial charge is 0.411 e. The fraction of sp³-hybridized carbons (Fsp3) is 0.258. The zero-order valence-electron chi connectivity index (χ0n) is 20.8. The van der Waals surface area contributed by atoms with Crippen molar-refractivity contribution in [1.82, 2.24) is 4.90 Å². The van der Waals surface area contributed by atoms with Gasteiger partial charge in [0.05, 0.1) is 19.8 Å². The molecular formula is C31H29NO5S. The molecule has 2 saturated heterocycles.